The van der Waals surface area contributed by atoms with Crippen LogP contribution < -0.4 is 15.6 Å². The van der Waals surface area contributed by atoms with Gasteiger partial charge < -0.3 is 14.6 Å². The number of rotatable bonds is 3. The predicted octanol–water partition coefficient (Wildman–Crippen LogP) is 2.76. The van der Waals surface area contributed by atoms with E-state index in [1.807, 2.05) is 13.0 Å². The van der Waals surface area contributed by atoms with Gasteiger partial charge in [-0.1, -0.05) is 6.07 Å². The molecule has 0 saturated carbocycles. The summed E-state index contributed by atoms with van der Waals surface area (Å²) in [6.45, 7) is 1.90. The molecular weight excluding hydrogens is 344 g/mol. The van der Waals surface area contributed by atoms with Gasteiger partial charge in [0.1, 0.15) is 22.7 Å². The van der Waals surface area contributed by atoms with E-state index in [1.165, 1.54) is 4.40 Å². The topological polar surface area (TPSA) is 77.6 Å². The van der Waals surface area contributed by atoms with Crippen LogP contribution in [0.4, 0.5) is 5.69 Å². The van der Waals surface area contributed by atoms with E-state index in [-0.39, 0.29) is 11.5 Å². The highest BCUT2D eigenvalue weighted by atomic mass is 16.5. The molecule has 0 fully saturated rings. The van der Waals surface area contributed by atoms with Crippen LogP contribution >= 0.6 is 0 Å². The number of aromatic nitrogens is 3. The average Bonchev–Trinajstić information content (AvgIpc) is 3.01. The third-order valence-corrected chi connectivity index (χ3v) is 4.60. The highest BCUT2D eigenvalue weighted by Crippen LogP contribution is 2.19. The zero-order valence-electron chi connectivity index (χ0n) is 15.2. The lowest BCUT2D eigenvalue weighted by Gasteiger charge is -2.07. The largest absolute Gasteiger partial charge is 0.497 e. The Morgan fingerprint density at radius 1 is 1.15 bits per heavy atom. The zero-order chi connectivity index (χ0) is 19.1. The number of amides is 1. The molecule has 0 aliphatic carbocycles. The minimum absolute atomic E-state index is 0.196. The number of pyridine rings is 1. The summed E-state index contributed by atoms with van der Waals surface area (Å²) in [5.74, 6) is 0.391. The zero-order valence-corrected chi connectivity index (χ0v) is 15.2. The molecule has 3 heterocycles. The lowest BCUT2D eigenvalue weighted by atomic mass is 10.2. The molecule has 0 radical (unpaired) electrons. The van der Waals surface area contributed by atoms with Gasteiger partial charge >= 0.3 is 0 Å². The van der Waals surface area contributed by atoms with Crippen LogP contribution in [-0.4, -0.2) is 27.0 Å². The van der Waals surface area contributed by atoms with Crippen molar-refractivity contribution in [3.05, 3.63) is 70.3 Å². The molecule has 27 heavy (non-hydrogen) atoms. The van der Waals surface area contributed by atoms with E-state index in [1.54, 1.807) is 61.3 Å². The fourth-order valence-corrected chi connectivity index (χ4v) is 3.12. The third-order valence-electron chi connectivity index (χ3n) is 4.60. The summed E-state index contributed by atoms with van der Waals surface area (Å²) < 4.78 is 8.26. The second kappa shape index (κ2) is 6.28. The highest BCUT2D eigenvalue weighted by molar-refractivity contribution is 6.06. The van der Waals surface area contributed by atoms with Crippen molar-refractivity contribution in [3.63, 3.8) is 0 Å². The minimum Gasteiger partial charge on any atom is -0.497 e. The van der Waals surface area contributed by atoms with Crippen molar-refractivity contribution in [3.8, 4) is 5.75 Å². The second-order valence-electron chi connectivity index (χ2n) is 6.31. The molecule has 136 valence electrons. The number of hydrogen-bond donors (Lipinski definition) is 1. The van der Waals surface area contributed by atoms with Gasteiger partial charge in [0.05, 0.1) is 12.5 Å². The summed E-state index contributed by atoms with van der Waals surface area (Å²) in [5.41, 5.74) is 2.75. The molecule has 0 spiro atoms. The number of ether oxygens (including phenoxy) is 1. The quantitative estimate of drug-likeness (QED) is 0.608. The minimum atomic E-state index is -0.314. The van der Waals surface area contributed by atoms with E-state index in [0.717, 1.165) is 5.56 Å². The Bertz CT molecular complexity index is 1240. The van der Waals surface area contributed by atoms with Crippen LogP contribution in [-0.2, 0) is 7.05 Å². The number of nitrogens with zero attached hydrogens (tertiary/aromatic N) is 3. The first-order valence-electron chi connectivity index (χ1n) is 8.42. The number of carbonyl (C=O) groups excluding carboxylic acids is 1. The molecule has 0 bridgehead atoms. The van der Waals surface area contributed by atoms with Gasteiger partial charge in [0, 0.05) is 18.9 Å². The molecule has 0 aliphatic rings. The van der Waals surface area contributed by atoms with Crippen molar-refractivity contribution < 1.29 is 9.53 Å². The van der Waals surface area contributed by atoms with Crippen LogP contribution in [0.15, 0.2) is 53.5 Å². The Balaban J connectivity index is 1.79. The number of hydrogen-bond acceptors (Lipinski definition) is 4. The van der Waals surface area contributed by atoms with Gasteiger partial charge in [-0.2, -0.15) is 0 Å². The van der Waals surface area contributed by atoms with Gasteiger partial charge in [-0.3, -0.25) is 14.0 Å². The van der Waals surface area contributed by atoms with Crippen LogP contribution in [0.25, 0.3) is 16.7 Å². The number of carbonyl (C=O) groups is 1. The summed E-state index contributed by atoms with van der Waals surface area (Å²) in [4.78, 5) is 30.2. The summed E-state index contributed by atoms with van der Waals surface area (Å²) in [7, 11) is 3.31. The van der Waals surface area contributed by atoms with E-state index in [9.17, 15) is 9.59 Å². The van der Waals surface area contributed by atoms with Crippen LogP contribution in [0.5, 0.6) is 5.75 Å². The molecule has 7 nitrogen and oxygen atoms in total. The number of methoxy groups -OCH3 is 1. The number of fused-ring (bicyclic) bond motifs is 2. The maximum absolute atomic E-state index is 12.8. The molecule has 4 aromatic rings. The molecule has 0 aliphatic heterocycles. The first-order chi connectivity index (χ1) is 13.0. The Hall–Kier alpha value is -3.61. The lowest BCUT2D eigenvalue weighted by molar-refractivity contribution is 0.101. The summed E-state index contributed by atoms with van der Waals surface area (Å²) in [6.07, 6.45) is 1.68. The van der Waals surface area contributed by atoms with Gasteiger partial charge in [0.25, 0.3) is 11.5 Å². The number of nitrogens with one attached hydrogen (secondary N) is 1. The van der Waals surface area contributed by atoms with Crippen LogP contribution in [0.1, 0.15) is 16.1 Å². The number of aryl methyl sites for hydroxylation is 2. The van der Waals surface area contributed by atoms with E-state index in [0.29, 0.717) is 33.8 Å². The van der Waals surface area contributed by atoms with Crippen molar-refractivity contribution in [2.45, 2.75) is 6.92 Å². The van der Waals surface area contributed by atoms with Crippen molar-refractivity contribution in [2.75, 3.05) is 12.4 Å². The predicted molar refractivity (Wildman–Crippen MR) is 104 cm³/mol. The monoisotopic (exact) mass is 362 g/mol. The molecule has 0 atom stereocenters. The number of anilines is 1. The van der Waals surface area contributed by atoms with Gasteiger partial charge in [-0.05, 0) is 48.9 Å². The smallest absolute Gasteiger partial charge is 0.272 e. The van der Waals surface area contributed by atoms with E-state index >= 15 is 0 Å². The maximum atomic E-state index is 12.8. The molecule has 1 amide bonds. The maximum Gasteiger partial charge on any atom is 0.272 e. The van der Waals surface area contributed by atoms with Gasteiger partial charge in [0.15, 0.2) is 0 Å². The highest BCUT2D eigenvalue weighted by Gasteiger charge is 2.18. The molecular formula is C20H18N4O3. The Morgan fingerprint density at radius 3 is 2.59 bits per heavy atom. The Labute approximate surface area is 154 Å². The van der Waals surface area contributed by atoms with Crippen LogP contribution in [0, 0.1) is 6.92 Å². The Kier molecular flexibility index (Phi) is 3.92. The fourth-order valence-electron chi connectivity index (χ4n) is 3.12. The molecule has 1 aromatic carbocycles. The molecule has 0 unspecified atom stereocenters. The van der Waals surface area contributed by atoms with E-state index in [2.05, 4.69) is 10.3 Å². The van der Waals surface area contributed by atoms with E-state index < -0.39 is 0 Å². The van der Waals surface area contributed by atoms with Crippen molar-refractivity contribution in [1.82, 2.24) is 14.0 Å². The molecule has 3 aromatic heterocycles. The van der Waals surface area contributed by atoms with Crippen molar-refractivity contribution in [2.24, 2.45) is 7.05 Å². The lowest BCUT2D eigenvalue weighted by Crippen LogP contribution is -2.16. The summed E-state index contributed by atoms with van der Waals surface area (Å²) in [5, 5.41) is 3.24. The van der Waals surface area contributed by atoms with Crippen LogP contribution in [0.3, 0.4) is 0 Å². The van der Waals surface area contributed by atoms with Gasteiger partial charge in [-0.25, -0.2) is 4.98 Å². The molecule has 0 saturated heterocycles. The molecule has 7 heteroatoms. The van der Waals surface area contributed by atoms with Crippen molar-refractivity contribution >= 4 is 28.3 Å². The first-order valence-corrected chi connectivity index (χ1v) is 8.42. The average molecular weight is 362 g/mol. The Morgan fingerprint density at radius 2 is 1.89 bits per heavy atom. The standard InChI is InChI=1S/C20H18N4O3/c1-12-5-4-10-24-17(12)22-18-15(20(24)26)11-16(23(18)2)19(25)21-13-6-8-14(27-3)9-7-13/h4-11H,1-3H3,(H,21,25). The van der Waals surface area contributed by atoms with Gasteiger partial charge in [0.2, 0.25) is 0 Å². The molecule has 1 N–H and O–H groups in total. The second-order valence-corrected chi connectivity index (χ2v) is 6.31. The first kappa shape index (κ1) is 16.8. The SMILES string of the molecule is COc1ccc(NC(=O)c2cc3c(=O)n4cccc(C)c4nc3n2C)cc1. The van der Waals surface area contributed by atoms with Crippen molar-refractivity contribution in [1.29, 1.82) is 0 Å². The molecule has 4 rings (SSSR count). The van der Waals surface area contributed by atoms with Crippen LogP contribution in [0.2, 0.25) is 0 Å². The normalized spacial score (nSPS) is 11.1. The number of benzene rings is 1. The fraction of sp³-hybridized carbons (Fsp3) is 0.150. The third kappa shape index (κ3) is 2.73. The van der Waals surface area contributed by atoms with E-state index in [4.69, 9.17) is 4.74 Å². The summed E-state index contributed by atoms with van der Waals surface area (Å²) >= 11 is 0. The summed E-state index contributed by atoms with van der Waals surface area (Å²) in [6, 6.07) is 12.3. The van der Waals surface area contributed by atoms with Gasteiger partial charge in [-0.15, -0.1) is 0 Å².